The second kappa shape index (κ2) is 11.1. The minimum atomic E-state index is -0.433. The normalized spacial score (nSPS) is 29.1. The van der Waals surface area contributed by atoms with Crippen molar-refractivity contribution in [1.82, 2.24) is 15.5 Å². The van der Waals surface area contributed by atoms with Gasteiger partial charge in [0, 0.05) is 25.6 Å². The molecule has 2 saturated heterocycles. The largest absolute Gasteiger partial charge is 0.394 e. The summed E-state index contributed by atoms with van der Waals surface area (Å²) in [6, 6.07) is -0.161. The lowest BCUT2D eigenvalue weighted by molar-refractivity contribution is -0.138. The highest BCUT2D eigenvalue weighted by Gasteiger charge is 2.35. The van der Waals surface area contributed by atoms with Gasteiger partial charge in [0.1, 0.15) is 6.10 Å². The fourth-order valence-electron chi connectivity index (χ4n) is 4.05. The highest BCUT2D eigenvalue weighted by molar-refractivity contribution is 5.79. The molecule has 0 unspecified atom stereocenters. The maximum atomic E-state index is 12.2. The van der Waals surface area contributed by atoms with Crippen LogP contribution in [0.5, 0.6) is 0 Å². The minimum Gasteiger partial charge on any atom is -0.394 e. The van der Waals surface area contributed by atoms with Crippen LogP contribution in [0.2, 0.25) is 0 Å². The van der Waals surface area contributed by atoms with E-state index in [9.17, 15) is 14.7 Å². The Balaban J connectivity index is 1.31. The van der Waals surface area contributed by atoms with Crippen LogP contribution in [0.1, 0.15) is 44.9 Å². The number of carbonyl (C=O) groups excluding carboxylic acids is 2. The van der Waals surface area contributed by atoms with Gasteiger partial charge in [-0.2, -0.15) is 0 Å². The summed E-state index contributed by atoms with van der Waals surface area (Å²) < 4.78 is 11.2. The molecule has 0 aromatic carbocycles. The van der Waals surface area contributed by atoms with Crippen LogP contribution in [0.15, 0.2) is 0 Å². The zero-order valence-corrected chi connectivity index (χ0v) is 16.7. The van der Waals surface area contributed by atoms with Crippen molar-refractivity contribution in [3.8, 4) is 0 Å². The van der Waals surface area contributed by atoms with Crippen molar-refractivity contribution < 1.29 is 24.2 Å². The maximum absolute atomic E-state index is 12.2. The quantitative estimate of drug-likeness (QED) is 0.475. The van der Waals surface area contributed by atoms with E-state index in [4.69, 9.17) is 9.47 Å². The summed E-state index contributed by atoms with van der Waals surface area (Å²) in [5.41, 5.74) is 0. The van der Waals surface area contributed by atoms with Crippen molar-refractivity contribution in [3.05, 3.63) is 0 Å². The molecular weight excluding hydrogens is 362 g/mol. The third-order valence-electron chi connectivity index (χ3n) is 6.09. The van der Waals surface area contributed by atoms with Crippen LogP contribution in [0, 0.1) is 5.92 Å². The lowest BCUT2D eigenvalue weighted by Gasteiger charge is -2.37. The first-order valence-electron chi connectivity index (χ1n) is 10.8. The van der Waals surface area contributed by atoms with Crippen LogP contribution < -0.4 is 10.6 Å². The number of rotatable bonds is 9. The maximum Gasteiger partial charge on any atom is 0.223 e. The number of carbonyl (C=O) groups is 2. The van der Waals surface area contributed by atoms with E-state index in [1.165, 1.54) is 0 Å². The van der Waals surface area contributed by atoms with Crippen LogP contribution in [-0.4, -0.2) is 86.1 Å². The molecule has 1 aliphatic carbocycles. The Morgan fingerprint density at radius 2 is 1.89 bits per heavy atom. The minimum absolute atomic E-state index is 0.0133. The number of hydrogen-bond donors (Lipinski definition) is 3. The van der Waals surface area contributed by atoms with Gasteiger partial charge in [-0.05, 0) is 38.6 Å². The molecule has 3 aliphatic rings. The molecule has 8 nitrogen and oxygen atoms in total. The van der Waals surface area contributed by atoms with Gasteiger partial charge in [-0.1, -0.05) is 6.42 Å². The molecule has 2 amide bonds. The first kappa shape index (κ1) is 21.5. The van der Waals surface area contributed by atoms with E-state index in [0.717, 1.165) is 65.0 Å². The fraction of sp³-hybridized carbons (Fsp3) is 0.900. The standard InChI is InChI=1S/C20H35N3O5/c24-14-18-17(22-20(26)15-3-1-4-15)6-5-16(28-18)13-19(25)21-7-2-8-23-9-11-27-12-10-23/h15-18,24H,1-14H2,(H,21,25)(H,22,26)/t16-,17-,18-/m0/s1. The van der Waals surface area contributed by atoms with Crippen LogP contribution in [0.4, 0.5) is 0 Å². The van der Waals surface area contributed by atoms with Gasteiger partial charge >= 0.3 is 0 Å². The Kier molecular flexibility index (Phi) is 8.51. The van der Waals surface area contributed by atoms with Gasteiger partial charge in [-0.25, -0.2) is 0 Å². The van der Waals surface area contributed by atoms with Crippen molar-refractivity contribution >= 4 is 11.8 Å². The monoisotopic (exact) mass is 397 g/mol. The molecule has 3 N–H and O–H groups in total. The molecular formula is C20H35N3O5. The number of nitrogens with one attached hydrogen (secondary N) is 2. The van der Waals surface area contributed by atoms with E-state index in [2.05, 4.69) is 15.5 Å². The Bertz CT molecular complexity index is 508. The molecule has 0 spiro atoms. The molecule has 160 valence electrons. The number of aliphatic hydroxyl groups is 1. The number of morpholine rings is 1. The number of ether oxygens (including phenoxy) is 2. The first-order chi connectivity index (χ1) is 13.7. The Morgan fingerprint density at radius 3 is 2.57 bits per heavy atom. The van der Waals surface area contributed by atoms with Crippen LogP contribution in [-0.2, 0) is 19.1 Å². The van der Waals surface area contributed by atoms with Crippen LogP contribution >= 0.6 is 0 Å². The van der Waals surface area contributed by atoms with Crippen molar-refractivity contribution in [1.29, 1.82) is 0 Å². The first-order valence-corrected chi connectivity index (χ1v) is 10.8. The average molecular weight is 398 g/mol. The SMILES string of the molecule is O=C(C[C@@H]1CC[C@H](NC(=O)C2CCC2)[C@H](CO)O1)NCCCN1CCOCC1. The topological polar surface area (TPSA) is 100 Å². The van der Waals surface area contributed by atoms with Gasteiger partial charge < -0.3 is 25.2 Å². The van der Waals surface area contributed by atoms with Crippen molar-refractivity contribution in [2.45, 2.75) is 63.2 Å². The van der Waals surface area contributed by atoms with Crippen LogP contribution in [0.25, 0.3) is 0 Å². The predicted molar refractivity (Wildman–Crippen MR) is 104 cm³/mol. The number of amides is 2. The molecule has 0 bridgehead atoms. The lowest BCUT2D eigenvalue weighted by Crippen LogP contribution is -2.53. The number of aliphatic hydroxyl groups excluding tert-OH is 1. The molecule has 2 aliphatic heterocycles. The molecule has 0 aromatic rings. The summed E-state index contributed by atoms with van der Waals surface area (Å²) in [6.45, 7) is 4.99. The lowest BCUT2D eigenvalue weighted by atomic mass is 9.84. The second-order valence-corrected chi connectivity index (χ2v) is 8.16. The van der Waals surface area contributed by atoms with Crippen molar-refractivity contribution in [2.24, 2.45) is 5.92 Å². The van der Waals surface area contributed by atoms with Gasteiger partial charge in [0.25, 0.3) is 0 Å². The number of nitrogens with zero attached hydrogens (tertiary/aromatic N) is 1. The predicted octanol–water partition coefficient (Wildman–Crippen LogP) is 0.0398. The zero-order valence-electron chi connectivity index (χ0n) is 16.7. The highest BCUT2D eigenvalue weighted by atomic mass is 16.5. The van der Waals surface area contributed by atoms with E-state index in [1.807, 2.05) is 0 Å². The third-order valence-corrected chi connectivity index (χ3v) is 6.09. The zero-order chi connectivity index (χ0) is 19.8. The van der Waals surface area contributed by atoms with E-state index in [0.29, 0.717) is 19.4 Å². The van der Waals surface area contributed by atoms with Crippen molar-refractivity contribution in [3.63, 3.8) is 0 Å². The van der Waals surface area contributed by atoms with Crippen molar-refractivity contribution in [2.75, 3.05) is 46.0 Å². The summed E-state index contributed by atoms with van der Waals surface area (Å²) in [5.74, 6) is 0.190. The van der Waals surface area contributed by atoms with Gasteiger partial charge in [0.2, 0.25) is 11.8 Å². The average Bonchev–Trinajstić information content (AvgIpc) is 2.66. The highest BCUT2D eigenvalue weighted by Crippen LogP contribution is 2.28. The fourth-order valence-corrected chi connectivity index (χ4v) is 4.05. The van der Waals surface area contributed by atoms with Gasteiger partial charge in [0.05, 0.1) is 38.4 Å². The van der Waals surface area contributed by atoms with E-state index in [1.54, 1.807) is 0 Å². The van der Waals surface area contributed by atoms with Gasteiger partial charge in [0.15, 0.2) is 0 Å². The molecule has 2 heterocycles. The summed E-state index contributed by atoms with van der Waals surface area (Å²) in [7, 11) is 0. The molecule has 8 heteroatoms. The molecule has 0 aromatic heterocycles. The van der Waals surface area contributed by atoms with E-state index in [-0.39, 0.29) is 36.5 Å². The third kappa shape index (κ3) is 6.40. The molecule has 1 saturated carbocycles. The molecule has 0 radical (unpaired) electrons. The molecule has 3 fully saturated rings. The second-order valence-electron chi connectivity index (χ2n) is 8.16. The van der Waals surface area contributed by atoms with E-state index < -0.39 is 6.10 Å². The van der Waals surface area contributed by atoms with Gasteiger partial charge in [-0.15, -0.1) is 0 Å². The summed E-state index contributed by atoms with van der Waals surface area (Å²) in [4.78, 5) is 26.7. The Labute approximate surface area is 167 Å². The summed E-state index contributed by atoms with van der Waals surface area (Å²) in [5, 5.41) is 15.6. The Morgan fingerprint density at radius 1 is 1.11 bits per heavy atom. The summed E-state index contributed by atoms with van der Waals surface area (Å²) >= 11 is 0. The Hall–Kier alpha value is -1.22. The number of hydrogen-bond acceptors (Lipinski definition) is 6. The smallest absolute Gasteiger partial charge is 0.223 e. The molecule has 28 heavy (non-hydrogen) atoms. The summed E-state index contributed by atoms with van der Waals surface area (Å²) in [6.07, 6.45) is 5.07. The van der Waals surface area contributed by atoms with Crippen LogP contribution in [0.3, 0.4) is 0 Å². The molecule has 3 rings (SSSR count). The molecule has 3 atom stereocenters. The van der Waals surface area contributed by atoms with Gasteiger partial charge in [-0.3, -0.25) is 14.5 Å². The van der Waals surface area contributed by atoms with E-state index >= 15 is 0 Å².